The van der Waals surface area contributed by atoms with Crippen molar-refractivity contribution in [2.24, 2.45) is 0 Å². The molecule has 10 heteroatoms. The van der Waals surface area contributed by atoms with Crippen LogP contribution in [0.2, 0.25) is 10.0 Å². The Morgan fingerprint density at radius 3 is 1.30 bits per heavy atom. The Morgan fingerprint density at radius 2 is 0.911 bits per heavy atom. The summed E-state index contributed by atoms with van der Waals surface area (Å²) in [5.41, 5.74) is 1.45. The van der Waals surface area contributed by atoms with Crippen molar-refractivity contribution < 1.29 is 28.1 Å². The summed E-state index contributed by atoms with van der Waals surface area (Å²) in [6.07, 6.45) is 25.8. The van der Waals surface area contributed by atoms with Crippen LogP contribution in [0.1, 0.15) is 167 Å². The van der Waals surface area contributed by atoms with E-state index in [0.29, 0.717) is 32.7 Å². The lowest BCUT2D eigenvalue weighted by Gasteiger charge is -2.41. The Kier molecular flexibility index (Phi) is 15.0. The molecule has 0 aromatic heterocycles. The second-order valence-corrected chi connectivity index (χ2v) is 25.1. The van der Waals surface area contributed by atoms with Gasteiger partial charge in [0.1, 0.15) is 25.8 Å². The maximum atomic E-state index is 16.9. The van der Waals surface area contributed by atoms with Crippen LogP contribution < -0.4 is 20.1 Å². The summed E-state index contributed by atoms with van der Waals surface area (Å²) in [6, 6.07) is 7.80. The van der Waals surface area contributed by atoms with Crippen molar-refractivity contribution in [3.8, 4) is 22.6 Å². The van der Waals surface area contributed by atoms with Crippen LogP contribution in [0.5, 0.6) is 11.5 Å². The van der Waals surface area contributed by atoms with E-state index in [2.05, 4.69) is 0 Å². The van der Waals surface area contributed by atoms with Gasteiger partial charge in [0.2, 0.25) is 0 Å². The molecule has 5 saturated carbocycles. The molecule has 5 fully saturated rings. The first-order chi connectivity index (χ1) is 27.3. The molecule has 5 aliphatic carbocycles. The molecule has 0 aliphatic heterocycles. The first kappa shape index (κ1) is 42.7. The summed E-state index contributed by atoms with van der Waals surface area (Å²) in [4.78, 5) is 13.0. The normalized spacial score (nSPS) is 21.8. The molecule has 0 spiro atoms. The lowest BCUT2D eigenvalue weighted by Crippen LogP contribution is -2.34. The zero-order valence-electron chi connectivity index (χ0n) is 33.9. The fraction of sp³-hybridized carbons (Fsp3) is 0.717. The van der Waals surface area contributed by atoms with Gasteiger partial charge in [0.05, 0.1) is 22.8 Å². The van der Waals surface area contributed by atoms with Crippen LogP contribution in [0.4, 0.5) is 0 Å². The van der Waals surface area contributed by atoms with Crippen molar-refractivity contribution in [2.75, 3.05) is 13.2 Å². The van der Waals surface area contributed by atoms with E-state index < -0.39 is 20.3 Å². The molecular weight excluding hydrogens is 781 g/mol. The van der Waals surface area contributed by atoms with Crippen molar-refractivity contribution in [3.63, 3.8) is 0 Å². The highest BCUT2D eigenvalue weighted by Gasteiger charge is 2.49. The predicted octanol–water partition coefficient (Wildman–Crippen LogP) is 13.6. The Balaban J connectivity index is 1.56. The number of hydrogen-bond donors (Lipinski definition) is 0. The smallest absolute Gasteiger partial charge is 0.344 e. The van der Waals surface area contributed by atoms with E-state index in [1.807, 2.05) is 24.3 Å². The summed E-state index contributed by atoms with van der Waals surface area (Å²) < 4.78 is 52.8. The molecule has 56 heavy (non-hydrogen) atoms. The van der Waals surface area contributed by atoms with E-state index in [9.17, 15) is 4.79 Å². The molecule has 0 radical (unpaired) electrons. The number of ether oxygens (including phenoxy) is 3. The summed E-state index contributed by atoms with van der Waals surface area (Å²) in [7, 11) is -6.35. The molecule has 6 nitrogen and oxygen atoms in total. The van der Waals surface area contributed by atoms with Crippen LogP contribution in [0, 0.1) is 0 Å². The Morgan fingerprint density at radius 1 is 0.554 bits per heavy atom. The highest BCUT2D eigenvalue weighted by atomic mass is 35.5. The third-order valence-electron chi connectivity index (χ3n) is 14.1. The largest absolute Gasteiger partial charge is 0.488 e. The Bertz CT molecular complexity index is 1690. The molecule has 0 bridgehead atoms. The highest BCUT2D eigenvalue weighted by Crippen LogP contribution is 2.67. The maximum absolute atomic E-state index is 16.9. The standard InChI is InChI=1S/C46H66Cl2O6P2/c1-2-52-42(49)32-53-45-38(47)28-30-40(55(50,34-20-10-4-11-21-34)35-22-12-5-13-23-35)43(45)44-41(31-29-39(48)46(44)54-33-18-8-3-9-19-33)56(51,36-24-14-6-15-25-36)37-26-16-7-17-27-37/h28-31,33-37H,2-27,32H2,1H3. The van der Waals surface area contributed by atoms with Crippen LogP contribution in [0.25, 0.3) is 11.1 Å². The first-order valence-electron chi connectivity index (χ1n) is 22.6. The second kappa shape index (κ2) is 19.7. The van der Waals surface area contributed by atoms with Gasteiger partial charge < -0.3 is 23.3 Å². The first-order valence-corrected chi connectivity index (χ1v) is 27.0. The molecule has 2 aromatic rings. The summed E-state index contributed by atoms with van der Waals surface area (Å²) >= 11 is 14.7. The number of rotatable bonds is 13. The molecule has 0 saturated heterocycles. The monoisotopic (exact) mass is 846 g/mol. The van der Waals surface area contributed by atoms with Crippen LogP contribution in [-0.4, -0.2) is 47.9 Å². The lowest BCUT2D eigenvalue weighted by molar-refractivity contribution is -0.145. The van der Waals surface area contributed by atoms with Gasteiger partial charge in [-0.1, -0.05) is 107 Å². The van der Waals surface area contributed by atoms with Gasteiger partial charge in [-0.05, 0) is 108 Å². The van der Waals surface area contributed by atoms with Crippen molar-refractivity contribution >= 4 is 54.1 Å². The van der Waals surface area contributed by atoms with Crippen molar-refractivity contribution in [2.45, 2.75) is 196 Å². The minimum Gasteiger partial charge on any atom is -0.488 e. The molecule has 5 aliphatic rings. The number of halogens is 2. The number of benzene rings is 2. The summed E-state index contributed by atoms with van der Waals surface area (Å²) in [5.74, 6) is 0.328. The second-order valence-electron chi connectivity index (χ2n) is 17.6. The van der Waals surface area contributed by atoms with Gasteiger partial charge in [0, 0.05) is 44.4 Å². The van der Waals surface area contributed by atoms with E-state index in [0.717, 1.165) is 152 Å². The molecule has 0 unspecified atom stereocenters. The van der Waals surface area contributed by atoms with Gasteiger partial charge in [-0.2, -0.15) is 0 Å². The highest BCUT2D eigenvalue weighted by molar-refractivity contribution is 7.74. The zero-order valence-corrected chi connectivity index (χ0v) is 37.2. The molecule has 0 N–H and O–H groups in total. The summed E-state index contributed by atoms with van der Waals surface area (Å²) in [5, 5.41) is 2.34. The number of esters is 1. The molecule has 0 atom stereocenters. The molecule has 310 valence electrons. The van der Waals surface area contributed by atoms with Gasteiger partial charge in [-0.3, -0.25) is 0 Å². The molecule has 0 amide bonds. The van der Waals surface area contributed by atoms with Crippen LogP contribution in [-0.2, 0) is 18.7 Å². The summed E-state index contributed by atoms with van der Waals surface area (Å²) in [6.45, 7) is 1.66. The van der Waals surface area contributed by atoms with Gasteiger partial charge in [-0.15, -0.1) is 0 Å². The minimum absolute atomic E-state index is 0.0334. The van der Waals surface area contributed by atoms with Crippen LogP contribution in [0.3, 0.4) is 0 Å². The number of carbonyl (C=O) groups is 1. The molecule has 7 rings (SSSR count). The third kappa shape index (κ3) is 9.00. The van der Waals surface area contributed by atoms with E-state index in [1.54, 1.807) is 6.92 Å². The van der Waals surface area contributed by atoms with Gasteiger partial charge in [0.25, 0.3) is 0 Å². The van der Waals surface area contributed by atoms with Crippen molar-refractivity contribution in [3.05, 3.63) is 34.3 Å². The van der Waals surface area contributed by atoms with E-state index >= 15 is 9.13 Å². The lowest BCUT2D eigenvalue weighted by atomic mass is 9.97. The molecule has 2 aromatic carbocycles. The SMILES string of the molecule is CCOC(=O)COc1c(Cl)ccc(P(=O)(C2CCCCC2)C2CCCCC2)c1-c1c(P(=O)(C2CCCCC2)C2CCCCC2)ccc(Cl)c1OC1CCCCC1. The average Bonchev–Trinajstić information content (AvgIpc) is 3.25. The molecular formula is C46H66Cl2O6P2. The predicted molar refractivity (Wildman–Crippen MR) is 233 cm³/mol. The van der Waals surface area contributed by atoms with E-state index in [-0.39, 0.29) is 42.0 Å². The third-order valence-corrected chi connectivity index (χ3v) is 23.4. The van der Waals surface area contributed by atoms with Gasteiger partial charge in [0.15, 0.2) is 6.61 Å². The van der Waals surface area contributed by atoms with Crippen molar-refractivity contribution in [1.82, 2.24) is 0 Å². The quantitative estimate of drug-likeness (QED) is 0.148. The van der Waals surface area contributed by atoms with Crippen LogP contribution in [0.15, 0.2) is 24.3 Å². The van der Waals surface area contributed by atoms with Gasteiger partial charge in [-0.25, -0.2) is 4.79 Å². The van der Waals surface area contributed by atoms with Crippen LogP contribution >= 0.6 is 37.5 Å². The minimum atomic E-state index is -3.19. The number of carbonyl (C=O) groups excluding carboxylic acids is 1. The van der Waals surface area contributed by atoms with E-state index in [1.165, 1.54) is 19.3 Å². The fourth-order valence-corrected chi connectivity index (χ4v) is 20.8. The topological polar surface area (TPSA) is 78.9 Å². The van der Waals surface area contributed by atoms with Crippen molar-refractivity contribution in [1.29, 1.82) is 0 Å². The molecule has 0 heterocycles. The van der Waals surface area contributed by atoms with Gasteiger partial charge >= 0.3 is 5.97 Å². The van der Waals surface area contributed by atoms with E-state index in [4.69, 9.17) is 37.4 Å². The number of hydrogen-bond acceptors (Lipinski definition) is 6. The maximum Gasteiger partial charge on any atom is 0.344 e. The zero-order chi connectivity index (χ0) is 39.1. The fourth-order valence-electron chi connectivity index (χ4n) is 11.3. The average molecular weight is 848 g/mol. The Labute approximate surface area is 347 Å². The Hall–Kier alpha value is -1.45.